The lowest BCUT2D eigenvalue weighted by Gasteiger charge is -2.43. The van der Waals surface area contributed by atoms with Gasteiger partial charge in [-0.3, -0.25) is 19.2 Å². The summed E-state index contributed by atoms with van der Waals surface area (Å²) in [6.45, 7) is 11.0. The molecule has 3 aliphatic heterocycles. The van der Waals surface area contributed by atoms with Crippen LogP contribution in [0.4, 0.5) is 0 Å². The number of hydrogen-bond acceptors (Lipinski definition) is 5. The van der Waals surface area contributed by atoms with Crippen molar-refractivity contribution in [3.8, 4) is 0 Å². The van der Waals surface area contributed by atoms with Crippen LogP contribution in [0.15, 0.2) is 6.07 Å². The molecule has 0 bridgehead atoms. The van der Waals surface area contributed by atoms with E-state index in [0.717, 1.165) is 38.4 Å². The van der Waals surface area contributed by atoms with Gasteiger partial charge in [0, 0.05) is 50.9 Å². The monoisotopic (exact) mass is 389 g/mol. The van der Waals surface area contributed by atoms with Crippen LogP contribution in [0.2, 0.25) is 0 Å². The topological polar surface area (TPSA) is 70.9 Å². The smallest absolute Gasteiger partial charge is 0.274 e. The molecule has 4 rings (SSSR count). The van der Waals surface area contributed by atoms with Gasteiger partial charge >= 0.3 is 0 Å². The third kappa shape index (κ3) is 3.33. The predicted molar refractivity (Wildman–Crippen MR) is 104 cm³/mol. The summed E-state index contributed by atoms with van der Waals surface area (Å²) in [5.41, 5.74) is 1.32. The van der Waals surface area contributed by atoms with E-state index in [0.29, 0.717) is 25.2 Å². The number of fused-ring (bicyclic) bond motifs is 1. The fourth-order valence-corrected chi connectivity index (χ4v) is 4.88. The second kappa shape index (κ2) is 7.15. The fourth-order valence-electron chi connectivity index (χ4n) is 4.88. The summed E-state index contributed by atoms with van der Waals surface area (Å²) in [7, 11) is 1.84. The Morgan fingerprint density at radius 1 is 1.25 bits per heavy atom. The van der Waals surface area contributed by atoms with Gasteiger partial charge in [-0.15, -0.1) is 0 Å². The van der Waals surface area contributed by atoms with Crippen molar-refractivity contribution in [2.24, 2.45) is 7.05 Å². The van der Waals surface area contributed by atoms with Crippen LogP contribution in [0.1, 0.15) is 42.9 Å². The van der Waals surface area contributed by atoms with Crippen molar-refractivity contribution >= 4 is 11.8 Å². The molecular formula is C20H31N5O3. The summed E-state index contributed by atoms with van der Waals surface area (Å²) in [5.74, 6) is 0.101. The summed E-state index contributed by atoms with van der Waals surface area (Å²) in [6.07, 6.45) is 1.26. The van der Waals surface area contributed by atoms with Crippen molar-refractivity contribution in [1.82, 2.24) is 24.5 Å². The molecule has 0 aromatic carbocycles. The van der Waals surface area contributed by atoms with E-state index in [-0.39, 0.29) is 29.4 Å². The van der Waals surface area contributed by atoms with Crippen molar-refractivity contribution in [2.45, 2.75) is 51.2 Å². The molecule has 0 unspecified atom stereocenters. The van der Waals surface area contributed by atoms with E-state index in [1.807, 2.05) is 29.8 Å². The Morgan fingerprint density at radius 2 is 1.96 bits per heavy atom. The van der Waals surface area contributed by atoms with Gasteiger partial charge in [-0.05, 0) is 33.3 Å². The van der Waals surface area contributed by atoms with Gasteiger partial charge in [0.05, 0.1) is 25.3 Å². The summed E-state index contributed by atoms with van der Waals surface area (Å²) < 4.78 is 7.19. The second-order valence-electron chi connectivity index (χ2n) is 8.85. The molecule has 0 N–H and O–H groups in total. The number of aromatic nitrogens is 2. The fraction of sp³-hybridized carbons (Fsp3) is 0.750. The molecule has 3 aliphatic rings. The highest BCUT2D eigenvalue weighted by Crippen LogP contribution is 2.35. The Hall–Kier alpha value is -1.93. The van der Waals surface area contributed by atoms with Crippen molar-refractivity contribution < 1.29 is 14.3 Å². The molecule has 4 heterocycles. The van der Waals surface area contributed by atoms with E-state index in [1.54, 1.807) is 4.68 Å². The van der Waals surface area contributed by atoms with Crippen LogP contribution in [0, 0.1) is 6.92 Å². The molecule has 0 spiro atoms. The minimum Gasteiger partial charge on any atom is -0.379 e. The van der Waals surface area contributed by atoms with Gasteiger partial charge in [0.2, 0.25) is 5.91 Å². The standard InChI is InChI=1S/C20H31N5O3/c1-14-11-15(21-22(14)4)19(27)24-6-5-16-17(24)12-18(26)25(16)13-20(2,3)23-7-9-28-10-8-23/h11,16-17H,5-10,12-13H2,1-4H3/t16-,17-/m0/s1. The second-order valence-corrected chi connectivity index (χ2v) is 8.85. The van der Waals surface area contributed by atoms with E-state index < -0.39 is 0 Å². The van der Waals surface area contributed by atoms with Crippen molar-refractivity contribution in [3.63, 3.8) is 0 Å². The molecule has 0 saturated carbocycles. The zero-order valence-corrected chi connectivity index (χ0v) is 17.3. The number of aryl methyl sites for hydroxylation is 2. The normalized spacial score (nSPS) is 26.2. The Bertz CT molecular complexity index is 748. The van der Waals surface area contributed by atoms with Crippen LogP contribution in [0.25, 0.3) is 0 Å². The third-order valence-corrected chi connectivity index (χ3v) is 6.63. The number of carbonyl (C=O) groups excluding carboxylic acids is 2. The maximum Gasteiger partial charge on any atom is 0.274 e. The highest BCUT2D eigenvalue weighted by atomic mass is 16.5. The number of nitrogens with zero attached hydrogens (tertiary/aromatic N) is 5. The van der Waals surface area contributed by atoms with Crippen LogP contribution in [0.3, 0.4) is 0 Å². The molecule has 28 heavy (non-hydrogen) atoms. The Labute approximate surface area is 166 Å². The molecule has 0 radical (unpaired) electrons. The minimum atomic E-state index is -0.107. The minimum absolute atomic E-state index is 0.0391. The SMILES string of the molecule is Cc1cc(C(=O)N2CC[C@H]3[C@@H]2CC(=O)N3CC(C)(C)N2CCOCC2)nn1C. The zero-order valence-electron chi connectivity index (χ0n) is 17.3. The molecule has 1 aromatic rings. The van der Waals surface area contributed by atoms with E-state index in [1.165, 1.54) is 0 Å². The summed E-state index contributed by atoms with van der Waals surface area (Å²) >= 11 is 0. The molecule has 0 aliphatic carbocycles. The quantitative estimate of drug-likeness (QED) is 0.756. The third-order valence-electron chi connectivity index (χ3n) is 6.63. The molecule has 8 heteroatoms. The number of carbonyl (C=O) groups is 2. The van der Waals surface area contributed by atoms with Crippen LogP contribution in [-0.4, -0.2) is 93.3 Å². The molecule has 8 nitrogen and oxygen atoms in total. The maximum atomic E-state index is 13.0. The molecule has 154 valence electrons. The van der Waals surface area contributed by atoms with Gasteiger partial charge in [0.1, 0.15) is 0 Å². The number of likely N-dealkylation sites (tertiary alicyclic amines) is 2. The van der Waals surface area contributed by atoms with Crippen molar-refractivity contribution in [2.75, 3.05) is 39.4 Å². The molecular weight excluding hydrogens is 358 g/mol. The van der Waals surface area contributed by atoms with Crippen molar-refractivity contribution in [3.05, 3.63) is 17.5 Å². The number of morpholine rings is 1. The Morgan fingerprint density at radius 3 is 2.61 bits per heavy atom. The number of ether oxygens (including phenoxy) is 1. The van der Waals surface area contributed by atoms with Gasteiger partial charge in [0.15, 0.2) is 5.69 Å². The Balaban J connectivity index is 1.47. The van der Waals surface area contributed by atoms with Gasteiger partial charge in [-0.2, -0.15) is 5.10 Å². The summed E-state index contributed by atoms with van der Waals surface area (Å²) in [5, 5.41) is 4.34. The van der Waals surface area contributed by atoms with Gasteiger partial charge in [0.25, 0.3) is 5.91 Å². The molecule has 2 atom stereocenters. The number of amides is 2. The van der Waals surface area contributed by atoms with E-state index >= 15 is 0 Å². The first-order chi connectivity index (χ1) is 13.3. The highest BCUT2D eigenvalue weighted by molar-refractivity contribution is 5.94. The Kier molecular flexibility index (Phi) is 4.95. The summed E-state index contributed by atoms with van der Waals surface area (Å²) in [6, 6.07) is 1.90. The lowest BCUT2D eigenvalue weighted by Crippen LogP contribution is -2.57. The lowest BCUT2D eigenvalue weighted by molar-refractivity contribution is -0.131. The number of rotatable bonds is 4. The molecule has 3 fully saturated rings. The lowest BCUT2D eigenvalue weighted by atomic mass is 10.00. The van der Waals surface area contributed by atoms with Crippen LogP contribution in [0.5, 0.6) is 0 Å². The maximum absolute atomic E-state index is 13.0. The largest absolute Gasteiger partial charge is 0.379 e. The zero-order chi connectivity index (χ0) is 20.1. The molecule has 3 saturated heterocycles. The summed E-state index contributed by atoms with van der Waals surface area (Å²) in [4.78, 5) is 32.1. The predicted octanol–water partition coefficient (Wildman–Crippen LogP) is 0.655. The van der Waals surface area contributed by atoms with Crippen molar-refractivity contribution in [1.29, 1.82) is 0 Å². The molecule has 2 amide bonds. The van der Waals surface area contributed by atoms with Crippen LogP contribution < -0.4 is 0 Å². The number of hydrogen-bond donors (Lipinski definition) is 0. The van der Waals surface area contributed by atoms with Crippen LogP contribution >= 0.6 is 0 Å². The van der Waals surface area contributed by atoms with E-state index in [2.05, 4.69) is 23.8 Å². The first kappa shape index (κ1) is 19.4. The first-order valence-electron chi connectivity index (χ1n) is 10.2. The van der Waals surface area contributed by atoms with E-state index in [9.17, 15) is 9.59 Å². The first-order valence-corrected chi connectivity index (χ1v) is 10.2. The highest BCUT2D eigenvalue weighted by Gasteiger charge is 2.50. The average molecular weight is 390 g/mol. The van der Waals surface area contributed by atoms with Gasteiger partial charge in [-0.25, -0.2) is 0 Å². The van der Waals surface area contributed by atoms with Gasteiger partial charge < -0.3 is 14.5 Å². The van der Waals surface area contributed by atoms with Crippen LogP contribution in [-0.2, 0) is 16.6 Å². The average Bonchev–Trinajstić information content (AvgIpc) is 3.31. The van der Waals surface area contributed by atoms with E-state index in [4.69, 9.17) is 4.74 Å². The van der Waals surface area contributed by atoms with Gasteiger partial charge in [-0.1, -0.05) is 0 Å². The molecule has 1 aromatic heterocycles.